The fraction of sp³-hybridized carbons (Fsp3) is 0.600. The predicted octanol–water partition coefficient (Wildman–Crippen LogP) is 4.14. The Morgan fingerprint density at radius 1 is 1.28 bits per heavy atom. The molecule has 0 aliphatic heterocycles. The SMILES string of the molecule is CCC(N)Cc1cc(Cl)c(OC)c(C(C)CC)c1. The van der Waals surface area contributed by atoms with Crippen molar-refractivity contribution in [1.82, 2.24) is 0 Å². The van der Waals surface area contributed by atoms with Gasteiger partial charge in [-0.05, 0) is 42.4 Å². The number of halogens is 1. The van der Waals surface area contributed by atoms with E-state index in [0.717, 1.165) is 25.0 Å². The molecule has 2 unspecified atom stereocenters. The normalized spacial score (nSPS) is 14.3. The van der Waals surface area contributed by atoms with Gasteiger partial charge in [0, 0.05) is 6.04 Å². The first-order valence-corrected chi connectivity index (χ1v) is 7.03. The van der Waals surface area contributed by atoms with Crippen molar-refractivity contribution in [3.05, 3.63) is 28.3 Å². The van der Waals surface area contributed by atoms with Gasteiger partial charge in [0.2, 0.25) is 0 Å². The van der Waals surface area contributed by atoms with Crippen LogP contribution in [0.3, 0.4) is 0 Å². The molecular formula is C15H24ClNO. The Morgan fingerprint density at radius 3 is 2.44 bits per heavy atom. The van der Waals surface area contributed by atoms with Gasteiger partial charge in [0.05, 0.1) is 12.1 Å². The van der Waals surface area contributed by atoms with E-state index in [9.17, 15) is 0 Å². The van der Waals surface area contributed by atoms with Crippen LogP contribution in [0.15, 0.2) is 12.1 Å². The van der Waals surface area contributed by atoms with Gasteiger partial charge >= 0.3 is 0 Å². The summed E-state index contributed by atoms with van der Waals surface area (Å²) in [4.78, 5) is 0. The smallest absolute Gasteiger partial charge is 0.140 e. The number of nitrogens with two attached hydrogens (primary N) is 1. The lowest BCUT2D eigenvalue weighted by Gasteiger charge is -2.18. The first-order valence-electron chi connectivity index (χ1n) is 6.65. The molecule has 0 bridgehead atoms. The van der Waals surface area contributed by atoms with Gasteiger partial charge in [-0.1, -0.05) is 38.4 Å². The van der Waals surface area contributed by atoms with Gasteiger partial charge < -0.3 is 10.5 Å². The largest absolute Gasteiger partial charge is 0.495 e. The number of hydrogen-bond acceptors (Lipinski definition) is 2. The lowest BCUT2D eigenvalue weighted by atomic mass is 9.93. The number of hydrogen-bond donors (Lipinski definition) is 1. The molecule has 2 nitrogen and oxygen atoms in total. The Morgan fingerprint density at radius 2 is 1.94 bits per heavy atom. The van der Waals surface area contributed by atoms with Crippen LogP contribution in [0.1, 0.15) is 50.7 Å². The highest BCUT2D eigenvalue weighted by Gasteiger charge is 2.15. The minimum Gasteiger partial charge on any atom is -0.495 e. The van der Waals surface area contributed by atoms with Crippen LogP contribution in [0.2, 0.25) is 5.02 Å². The van der Waals surface area contributed by atoms with Crippen LogP contribution >= 0.6 is 11.6 Å². The summed E-state index contributed by atoms with van der Waals surface area (Å²) in [6.45, 7) is 6.46. The van der Waals surface area contributed by atoms with Crippen molar-refractivity contribution in [3.8, 4) is 5.75 Å². The zero-order valence-corrected chi connectivity index (χ0v) is 12.6. The molecule has 2 atom stereocenters. The summed E-state index contributed by atoms with van der Waals surface area (Å²) in [6.07, 6.45) is 2.90. The summed E-state index contributed by atoms with van der Waals surface area (Å²) >= 11 is 6.30. The third-order valence-corrected chi connectivity index (χ3v) is 3.78. The van der Waals surface area contributed by atoms with E-state index in [1.54, 1.807) is 7.11 Å². The second-order valence-electron chi connectivity index (χ2n) is 4.88. The van der Waals surface area contributed by atoms with Crippen molar-refractivity contribution in [2.75, 3.05) is 7.11 Å². The topological polar surface area (TPSA) is 35.2 Å². The molecule has 3 heteroatoms. The monoisotopic (exact) mass is 269 g/mol. The van der Waals surface area contributed by atoms with Crippen LogP contribution in [-0.4, -0.2) is 13.2 Å². The average Bonchev–Trinajstić information content (AvgIpc) is 2.36. The fourth-order valence-corrected chi connectivity index (χ4v) is 2.37. The number of rotatable bonds is 6. The summed E-state index contributed by atoms with van der Waals surface area (Å²) in [6, 6.07) is 4.36. The second kappa shape index (κ2) is 7.01. The van der Waals surface area contributed by atoms with Gasteiger partial charge in [-0.2, -0.15) is 0 Å². The molecule has 18 heavy (non-hydrogen) atoms. The highest BCUT2D eigenvalue weighted by molar-refractivity contribution is 6.32. The molecule has 1 rings (SSSR count). The van der Waals surface area contributed by atoms with Gasteiger partial charge in [0.15, 0.2) is 0 Å². The van der Waals surface area contributed by atoms with Crippen LogP contribution < -0.4 is 10.5 Å². The zero-order chi connectivity index (χ0) is 13.7. The van der Waals surface area contributed by atoms with E-state index in [0.29, 0.717) is 10.9 Å². The summed E-state index contributed by atoms with van der Waals surface area (Å²) in [5.74, 6) is 1.25. The molecule has 0 fully saturated rings. The Bertz CT molecular complexity index is 392. The maximum atomic E-state index is 6.30. The highest BCUT2D eigenvalue weighted by Crippen LogP contribution is 2.36. The summed E-state index contributed by atoms with van der Waals surface area (Å²) in [7, 11) is 1.67. The molecule has 1 aromatic rings. The predicted molar refractivity (Wildman–Crippen MR) is 78.7 cm³/mol. The molecule has 0 spiro atoms. The first kappa shape index (κ1) is 15.3. The van der Waals surface area contributed by atoms with Crippen molar-refractivity contribution in [2.24, 2.45) is 5.73 Å². The van der Waals surface area contributed by atoms with Crippen molar-refractivity contribution in [3.63, 3.8) is 0 Å². The van der Waals surface area contributed by atoms with Crippen molar-refractivity contribution in [1.29, 1.82) is 0 Å². The quantitative estimate of drug-likeness (QED) is 0.842. The van der Waals surface area contributed by atoms with Crippen LogP contribution in [0.4, 0.5) is 0 Å². The number of methoxy groups -OCH3 is 1. The van der Waals surface area contributed by atoms with E-state index in [1.165, 1.54) is 11.1 Å². The van der Waals surface area contributed by atoms with Gasteiger partial charge in [0.25, 0.3) is 0 Å². The summed E-state index contributed by atoms with van der Waals surface area (Å²) in [5.41, 5.74) is 8.40. The van der Waals surface area contributed by atoms with E-state index < -0.39 is 0 Å². The Labute approximate surface area is 115 Å². The van der Waals surface area contributed by atoms with E-state index in [1.807, 2.05) is 6.07 Å². The van der Waals surface area contributed by atoms with E-state index in [-0.39, 0.29) is 6.04 Å². The average molecular weight is 270 g/mol. The highest BCUT2D eigenvalue weighted by atomic mass is 35.5. The van der Waals surface area contributed by atoms with Crippen molar-refractivity contribution < 1.29 is 4.74 Å². The van der Waals surface area contributed by atoms with Gasteiger partial charge in [0.1, 0.15) is 5.75 Å². The first-order chi connectivity index (χ1) is 8.53. The van der Waals surface area contributed by atoms with Crippen LogP contribution in [-0.2, 0) is 6.42 Å². The van der Waals surface area contributed by atoms with Crippen LogP contribution in [0.5, 0.6) is 5.75 Å². The Balaban J connectivity index is 3.13. The zero-order valence-electron chi connectivity index (χ0n) is 11.8. The molecule has 0 aliphatic carbocycles. The van der Waals surface area contributed by atoms with Gasteiger partial charge in [-0.15, -0.1) is 0 Å². The molecule has 0 heterocycles. The van der Waals surface area contributed by atoms with Crippen molar-refractivity contribution in [2.45, 2.75) is 52.0 Å². The molecule has 0 aliphatic rings. The molecule has 2 N–H and O–H groups in total. The van der Waals surface area contributed by atoms with Gasteiger partial charge in [-0.3, -0.25) is 0 Å². The molecule has 0 amide bonds. The van der Waals surface area contributed by atoms with Crippen LogP contribution in [0, 0.1) is 0 Å². The molecule has 1 aromatic carbocycles. The van der Waals surface area contributed by atoms with Crippen molar-refractivity contribution >= 4 is 11.6 Å². The molecule has 0 saturated heterocycles. The Hall–Kier alpha value is -0.730. The maximum absolute atomic E-state index is 6.30. The lowest BCUT2D eigenvalue weighted by molar-refractivity contribution is 0.406. The molecule has 0 aromatic heterocycles. The fourth-order valence-electron chi connectivity index (χ4n) is 2.04. The third kappa shape index (κ3) is 3.63. The molecule has 102 valence electrons. The summed E-state index contributed by atoms with van der Waals surface area (Å²) < 4.78 is 5.42. The number of ether oxygens (including phenoxy) is 1. The lowest BCUT2D eigenvalue weighted by Crippen LogP contribution is -2.21. The number of benzene rings is 1. The Kier molecular flexibility index (Phi) is 5.97. The summed E-state index contributed by atoms with van der Waals surface area (Å²) in [5, 5.41) is 0.689. The molecular weight excluding hydrogens is 246 g/mol. The van der Waals surface area contributed by atoms with E-state index in [4.69, 9.17) is 22.1 Å². The second-order valence-corrected chi connectivity index (χ2v) is 5.29. The third-order valence-electron chi connectivity index (χ3n) is 3.50. The standard InChI is InChI=1S/C15H24ClNO/c1-5-10(3)13-8-11(7-12(17)6-2)9-14(16)15(13)18-4/h8-10,12H,5-7,17H2,1-4H3. The van der Waals surface area contributed by atoms with Crippen LogP contribution in [0.25, 0.3) is 0 Å². The maximum Gasteiger partial charge on any atom is 0.140 e. The van der Waals surface area contributed by atoms with E-state index >= 15 is 0 Å². The van der Waals surface area contributed by atoms with E-state index in [2.05, 4.69) is 26.8 Å². The van der Waals surface area contributed by atoms with Gasteiger partial charge in [-0.25, -0.2) is 0 Å². The molecule has 0 radical (unpaired) electrons. The molecule has 0 saturated carbocycles. The minimum atomic E-state index is 0.194. The minimum absolute atomic E-state index is 0.194.